The van der Waals surface area contributed by atoms with E-state index in [1.54, 1.807) is 0 Å². The van der Waals surface area contributed by atoms with E-state index in [1.807, 2.05) is 0 Å². The lowest BCUT2D eigenvalue weighted by Gasteiger charge is -2.38. The summed E-state index contributed by atoms with van der Waals surface area (Å²) in [6, 6.07) is 2.27. The number of aliphatic hydroxyl groups is 1. The Morgan fingerprint density at radius 3 is 2.31 bits per heavy atom. The van der Waals surface area contributed by atoms with E-state index < -0.39 is 0 Å². The number of aliphatic hydroxyl groups excluding tert-OH is 1. The molecule has 2 fully saturated rings. The summed E-state index contributed by atoms with van der Waals surface area (Å²) in [6.45, 7) is 5.42. The van der Waals surface area contributed by atoms with Gasteiger partial charge in [-0.05, 0) is 32.7 Å². The molecule has 2 aliphatic heterocycles. The van der Waals surface area contributed by atoms with Crippen molar-refractivity contribution in [2.45, 2.75) is 57.7 Å². The Morgan fingerprint density at radius 2 is 1.81 bits per heavy atom. The molecule has 2 aliphatic rings. The fourth-order valence-electron chi connectivity index (χ4n) is 3.05. The number of hydrogen-bond acceptors (Lipinski definition) is 3. The number of fused-ring (bicyclic) bond motifs is 2. The Morgan fingerprint density at radius 1 is 1.25 bits per heavy atom. The van der Waals surface area contributed by atoms with Crippen molar-refractivity contribution in [1.82, 2.24) is 10.2 Å². The third-order valence-corrected chi connectivity index (χ3v) is 4.40. The van der Waals surface area contributed by atoms with Gasteiger partial charge in [0.25, 0.3) is 0 Å². The molecule has 0 aromatic heterocycles. The zero-order valence-electron chi connectivity index (χ0n) is 10.9. The molecule has 0 radical (unpaired) electrons. The van der Waals surface area contributed by atoms with Crippen LogP contribution in [0.15, 0.2) is 0 Å². The van der Waals surface area contributed by atoms with Crippen molar-refractivity contribution < 1.29 is 5.11 Å². The normalized spacial score (nSPS) is 35.6. The van der Waals surface area contributed by atoms with E-state index in [0.29, 0.717) is 6.04 Å². The third-order valence-electron chi connectivity index (χ3n) is 4.40. The first-order valence-corrected chi connectivity index (χ1v) is 6.58. The number of rotatable bonds is 4. The first kappa shape index (κ1) is 12.3. The summed E-state index contributed by atoms with van der Waals surface area (Å²) in [7, 11) is 2.27. The lowest BCUT2D eigenvalue weighted by molar-refractivity contribution is 0.122. The highest BCUT2D eigenvalue weighted by molar-refractivity contribution is 4.96. The molecule has 3 nitrogen and oxygen atoms in total. The summed E-state index contributed by atoms with van der Waals surface area (Å²) in [5, 5.41) is 12.9. The standard InChI is InChI=1S/C13H26N2O/c1-13(2,9-16)8-14-10-6-11-4-5-12(7-10)15(11)3/h10-12,14,16H,4-9H2,1-3H3. The summed E-state index contributed by atoms with van der Waals surface area (Å²) in [6.07, 6.45) is 5.33. The number of piperidine rings is 1. The minimum Gasteiger partial charge on any atom is -0.396 e. The van der Waals surface area contributed by atoms with E-state index >= 15 is 0 Å². The summed E-state index contributed by atoms with van der Waals surface area (Å²) < 4.78 is 0. The van der Waals surface area contributed by atoms with Gasteiger partial charge in [-0.3, -0.25) is 0 Å². The highest BCUT2D eigenvalue weighted by Crippen LogP contribution is 2.34. The molecule has 2 rings (SSSR count). The molecule has 2 N–H and O–H groups in total. The molecule has 0 aromatic carbocycles. The van der Waals surface area contributed by atoms with Gasteiger partial charge in [0, 0.05) is 36.7 Å². The van der Waals surface area contributed by atoms with Gasteiger partial charge in [0.1, 0.15) is 0 Å². The second-order valence-corrected chi connectivity index (χ2v) is 6.42. The van der Waals surface area contributed by atoms with Crippen LogP contribution in [0.2, 0.25) is 0 Å². The minimum absolute atomic E-state index is 0.0163. The highest BCUT2D eigenvalue weighted by Gasteiger charge is 2.38. The molecule has 94 valence electrons. The van der Waals surface area contributed by atoms with Crippen molar-refractivity contribution in [2.75, 3.05) is 20.2 Å². The number of hydrogen-bond donors (Lipinski definition) is 2. The van der Waals surface area contributed by atoms with Gasteiger partial charge < -0.3 is 15.3 Å². The first-order chi connectivity index (χ1) is 7.52. The van der Waals surface area contributed by atoms with E-state index in [2.05, 4.69) is 31.1 Å². The molecular weight excluding hydrogens is 200 g/mol. The van der Waals surface area contributed by atoms with E-state index in [4.69, 9.17) is 0 Å². The third kappa shape index (κ3) is 2.58. The van der Waals surface area contributed by atoms with Gasteiger partial charge >= 0.3 is 0 Å². The second kappa shape index (κ2) is 4.63. The second-order valence-electron chi connectivity index (χ2n) is 6.42. The summed E-state index contributed by atoms with van der Waals surface area (Å²) in [5.74, 6) is 0. The predicted octanol–water partition coefficient (Wildman–Crippen LogP) is 1.22. The fraction of sp³-hybridized carbons (Fsp3) is 1.00. The van der Waals surface area contributed by atoms with Crippen molar-refractivity contribution in [3.8, 4) is 0 Å². The van der Waals surface area contributed by atoms with Crippen LogP contribution in [0.1, 0.15) is 39.5 Å². The Balaban J connectivity index is 1.81. The zero-order chi connectivity index (χ0) is 11.8. The summed E-state index contributed by atoms with van der Waals surface area (Å²) in [5.41, 5.74) is 0.0163. The van der Waals surface area contributed by atoms with Crippen LogP contribution in [0.4, 0.5) is 0 Å². The minimum atomic E-state index is 0.0163. The SMILES string of the molecule is CN1C2CCC1CC(NCC(C)(C)CO)C2. The van der Waals surface area contributed by atoms with Gasteiger partial charge in [-0.15, -0.1) is 0 Å². The molecule has 16 heavy (non-hydrogen) atoms. The van der Waals surface area contributed by atoms with E-state index in [9.17, 15) is 5.11 Å². The van der Waals surface area contributed by atoms with Gasteiger partial charge in [-0.2, -0.15) is 0 Å². The average Bonchev–Trinajstić information content (AvgIpc) is 2.51. The van der Waals surface area contributed by atoms with Crippen LogP contribution < -0.4 is 5.32 Å². The molecule has 2 heterocycles. The summed E-state index contributed by atoms with van der Waals surface area (Å²) in [4.78, 5) is 2.56. The Kier molecular flexibility index (Phi) is 3.57. The van der Waals surface area contributed by atoms with Crippen LogP contribution in [0.25, 0.3) is 0 Å². The number of nitrogens with zero attached hydrogens (tertiary/aromatic N) is 1. The molecule has 0 aromatic rings. The van der Waals surface area contributed by atoms with Crippen molar-refractivity contribution in [1.29, 1.82) is 0 Å². The van der Waals surface area contributed by atoms with Crippen LogP contribution in [0.3, 0.4) is 0 Å². The summed E-state index contributed by atoms with van der Waals surface area (Å²) >= 11 is 0. The molecule has 2 saturated heterocycles. The highest BCUT2D eigenvalue weighted by atomic mass is 16.3. The van der Waals surface area contributed by atoms with Gasteiger partial charge in [-0.25, -0.2) is 0 Å². The van der Waals surface area contributed by atoms with E-state index in [-0.39, 0.29) is 12.0 Å². The van der Waals surface area contributed by atoms with Gasteiger partial charge in [0.05, 0.1) is 0 Å². The fourth-order valence-corrected chi connectivity index (χ4v) is 3.05. The molecular formula is C13H26N2O. The Bertz CT molecular complexity index is 228. The van der Waals surface area contributed by atoms with Crippen molar-refractivity contribution >= 4 is 0 Å². The lowest BCUT2D eigenvalue weighted by atomic mass is 9.92. The van der Waals surface area contributed by atoms with E-state index in [1.165, 1.54) is 25.7 Å². The maximum Gasteiger partial charge on any atom is 0.0494 e. The smallest absolute Gasteiger partial charge is 0.0494 e. The maximum absolute atomic E-state index is 9.23. The quantitative estimate of drug-likeness (QED) is 0.756. The number of nitrogens with one attached hydrogen (secondary N) is 1. The maximum atomic E-state index is 9.23. The molecule has 0 amide bonds. The Labute approximate surface area is 99.2 Å². The van der Waals surface area contributed by atoms with Gasteiger partial charge in [0.2, 0.25) is 0 Å². The zero-order valence-corrected chi connectivity index (χ0v) is 10.9. The monoisotopic (exact) mass is 226 g/mol. The average molecular weight is 226 g/mol. The van der Waals surface area contributed by atoms with Gasteiger partial charge in [0.15, 0.2) is 0 Å². The molecule has 0 spiro atoms. The van der Waals surface area contributed by atoms with Gasteiger partial charge in [-0.1, -0.05) is 13.8 Å². The van der Waals surface area contributed by atoms with Crippen molar-refractivity contribution in [3.05, 3.63) is 0 Å². The molecule has 3 heteroatoms. The topological polar surface area (TPSA) is 35.5 Å². The van der Waals surface area contributed by atoms with Crippen LogP contribution in [0, 0.1) is 5.41 Å². The molecule has 2 unspecified atom stereocenters. The van der Waals surface area contributed by atoms with E-state index in [0.717, 1.165) is 18.6 Å². The van der Waals surface area contributed by atoms with Crippen molar-refractivity contribution in [3.63, 3.8) is 0 Å². The van der Waals surface area contributed by atoms with Crippen LogP contribution in [0.5, 0.6) is 0 Å². The largest absolute Gasteiger partial charge is 0.396 e. The molecule has 2 atom stereocenters. The molecule has 2 bridgehead atoms. The predicted molar refractivity (Wildman–Crippen MR) is 66.5 cm³/mol. The molecule has 0 aliphatic carbocycles. The van der Waals surface area contributed by atoms with Crippen LogP contribution >= 0.6 is 0 Å². The molecule has 0 saturated carbocycles. The van der Waals surface area contributed by atoms with Crippen LogP contribution in [-0.4, -0.2) is 48.3 Å². The lowest BCUT2D eigenvalue weighted by Crippen LogP contribution is -2.49. The first-order valence-electron chi connectivity index (χ1n) is 6.58. The Hall–Kier alpha value is -0.120. The van der Waals surface area contributed by atoms with Crippen LogP contribution in [-0.2, 0) is 0 Å². The van der Waals surface area contributed by atoms with Crippen molar-refractivity contribution in [2.24, 2.45) is 5.41 Å².